The van der Waals surface area contributed by atoms with Crippen molar-refractivity contribution in [2.75, 3.05) is 0 Å². The van der Waals surface area contributed by atoms with Gasteiger partial charge in [-0.1, -0.05) is 24.3 Å². The SMILES string of the molecule is O=C(O)C1CC2(CC2)c2ccccc21. The van der Waals surface area contributed by atoms with E-state index in [2.05, 4.69) is 6.07 Å². The molecule has 1 atom stereocenters. The summed E-state index contributed by atoms with van der Waals surface area (Å²) in [6.45, 7) is 0. The summed E-state index contributed by atoms with van der Waals surface area (Å²) < 4.78 is 0. The van der Waals surface area contributed by atoms with Gasteiger partial charge in [0, 0.05) is 0 Å². The molecule has 1 fully saturated rings. The van der Waals surface area contributed by atoms with Gasteiger partial charge in [-0.05, 0) is 35.8 Å². The van der Waals surface area contributed by atoms with Crippen LogP contribution in [-0.4, -0.2) is 11.1 Å². The zero-order valence-corrected chi connectivity index (χ0v) is 7.86. The van der Waals surface area contributed by atoms with Gasteiger partial charge in [0.15, 0.2) is 0 Å². The highest BCUT2D eigenvalue weighted by Gasteiger charge is 2.53. The molecule has 2 aliphatic carbocycles. The van der Waals surface area contributed by atoms with E-state index in [1.54, 1.807) is 0 Å². The molecule has 1 saturated carbocycles. The molecule has 1 aromatic rings. The quantitative estimate of drug-likeness (QED) is 0.734. The summed E-state index contributed by atoms with van der Waals surface area (Å²) >= 11 is 0. The maximum atomic E-state index is 11.1. The predicted octanol–water partition coefficient (Wildman–Crippen LogP) is 2.29. The zero-order valence-electron chi connectivity index (χ0n) is 7.86. The Kier molecular flexibility index (Phi) is 1.37. The maximum Gasteiger partial charge on any atom is 0.311 e. The molecule has 3 rings (SSSR count). The Morgan fingerprint density at radius 3 is 2.71 bits per heavy atom. The van der Waals surface area contributed by atoms with Crippen LogP contribution in [-0.2, 0) is 10.2 Å². The molecule has 0 heterocycles. The molecule has 1 unspecified atom stereocenters. The lowest BCUT2D eigenvalue weighted by Crippen LogP contribution is -2.09. The van der Waals surface area contributed by atoms with E-state index in [-0.39, 0.29) is 11.3 Å². The summed E-state index contributed by atoms with van der Waals surface area (Å²) in [4.78, 5) is 11.1. The van der Waals surface area contributed by atoms with E-state index in [1.165, 1.54) is 18.4 Å². The Morgan fingerprint density at radius 1 is 1.36 bits per heavy atom. The topological polar surface area (TPSA) is 37.3 Å². The monoisotopic (exact) mass is 188 g/mol. The number of carbonyl (C=O) groups is 1. The first-order valence-electron chi connectivity index (χ1n) is 5.05. The molecule has 0 radical (unpaired) electrons. The fourth-order valence-corrected chi connectivity index (χ4v) is 2.74. The van der Waals surface area contributed by atoms with Crippen LogP contribution < -0.4 is 0 Å². The fourth-order valence-electron chi connectivity index (χ4n) is 2.74. The standard InChI is InChI=1S/C12H12O2/c13-11(14)9-7-12(5-6-12)10-4-2-1-3-8(9)10/h1-4,9H,5-7H2,(H,13,14). The van der Waals surface area contributed by atoms with E-state index >= 15 is 0 Å². The Bertz CT molecular complexity index is 405. The van der Waals surface area contributed by atoms with Gasteiger partial charge in [-0.25, -0.2) is 0 Å². The van der Waals surface area contributed by atoms with Crippen molar-refractivity contribution in [2.45, 2.75) is 30.6 Å². The van der Waals surface area contributed by atoms with Crippen molar-refractivity contribution in [1.29, 1.82) is 0 Å². The molecular weight excluding hydrogens is 176 g/mol. The lowest BCUT2D eigenvalue weighted by atomic mass is 9.98. The largest absolute Gasteiger partial charge is 0.481 e. The minimum absolute atomic E-state index is 0.250. The Hall–Kier alpha value is -1.31. The van der Waals surface area contributed by atoms with E-state index in [4.69, 9.17) is 5.11 Å². The highest BCUT2D eigenvalue weighted by Crippen LogP contribution is 2.60. The minimum Gasteiger partial charge on any atom is -0.481 e. The highest BCUT2D eigenvalue weighted by atomic mass is 16.4. The van der Waals surface area contributed by atoms with Crippen molar-refractivity contribution in [3.05, 3.63) is 35.4 Å². The van der Waals surface area contributed by atoms with Crippen molar-refractivity contribution in [2.24, 2.45) is 0 Å². The number of aliphatic carboxylic acids is 1. The number of fused-ring (bicyclic) bond motifs is 2. The summed E-state index contributed by atoms with van der Waals surface area (Å²) in [7, 11) is 0. The Balaban J connectivity index is 2.14. The summed E-state index contributed by atoms with van der Waals surface area (Å²) in [5.41, 5.74) is 2.60. The van der Waals surface area contributed by atoms with Crippen molar-refractivity contribution in [3.63, 3.8) is 0 Å². The molecule has 0 aliphatic heterocycles. The van der Waals surface area contributed by atoms with Gasteiger partial charge in [0.2, 0.25) is 0 Å². The maximum absolute atomic E-state index is 11.1. The number of benzene rings is 1. The van der Waals surface area contributed by atoms with Gasteiger partial charge < -0.3 is 5.11 Å². The Morgan fingerprint density at radius 2 is 2.07 bits per heavy atom. The third kappa shape index (κ3) is 0.884. The van der Waals surface area contributed by atoms with Crippen LogP contribution in [0.1, 0.15) is 36.3 Å². The van der Waals surface area contributed by atoms with Crippen LogP contribution in [0.3, 0.4) is 0 Å². The zero-order chi connectivity index (χ0) is 9.76. The molecule has 0 amide bonds. The first-order valence-corrected chi connectivity index (χ1v) is 5.05. The van der Waals surface area contributed by atoms with Gasteiger partial charge >= 0.3 is 5.97 Å². The summed E-state index contributed by atoms with van der Waals surface area (Å²) in [6.07, 6.45) is 3.17. The lowest BCUT2D eigenvalue weighted by Gasteiger charge is -2.05. The number of hydrogen-bond acceptors (Lipinski definition) is 1. The number of carboxylic acids is 1. The second kappa shape index (κ2) is 2.38. The molecule has 2 heteroatoms. The van der Waals surface area contributed by atoms with Crippen LogP contribution in [0.25, 0.3) is 0 Å². The van der Waals surface area contributed by atoms with Gasteiger partial charge in [0.1, 0.15) is 0 Å². The van der Waals surface area contributed by atoms with Crippen molar-refractivity contribution in [1.82, 2.24) is 0 Å². The second-order valence-corrected chi connectivity index (χ2v) is 4.46. The molecular formula is C12H12O2. The molecule has 2 aliphatic rings. The number of rotatable bonds is 1. The molecule has 72 valence electrons. The molecule has 1 spiro atoms. The van der Waals surface area contributed by atoms with Crippen molar-refractivity contribution < 1.29 is 9.90 Å². The smallest absolute Gasteiger partial charge is 0.311 e. The third-order valence-electron chi connectivity index (χ3n) is 3.65. The number of hydrogen-bond donors (Lipinski definition) is 1. The minimum atomic E-state index is -0.666. The van der Waals surface area contributed by atoms with E-state index in [0.717, 1.165) is 12.0 Å². The van der Waals surface area contributed by atoms with Crippen LogP contribution in [0.4, 0.5) is 0 Å². The summed E-state index contributed by atoms with van der Waals surface area (Å²) in [5, 5.41) is 9.12. The fraction of sp³-hybridized carbons (Fsp3) is 0.417. The van der Waals surface area contributed by atoms with E-state index in [9.17, 15) is 4.79 Å². The Labute approximate surface area is 82.6 Å². The highest BCUT2D eigenvalue weighted by molar-refractivity contribution is 5.79. The molecule has 0 saturated heterocycles. The summed E-state index contributed by atoms with van der Waals surface area (Å²) in [6, 6.07) is 8.03. The van der Waals surface area contributed by atoms with E-state index in [0.29, 0.717) is 0 Å². The predicted molar refractivity (Wildman–Crippen MR) is 52.3 cm³/mol. The van der Waals surface area contributed by atoms with Gasteiger partial charge in [-0.15, -0.1) is 0 Å². The average Bonchev–Trinajstić information content (AvgIpc) is 2.86. The van der Waals surface area contributed by atoms with Crippen LogP contribution in [0, 0.1) is 0 Å². The summed E-state index contributed by atoms with van der Waals surface area (Å²) in [5.74, 6) is -0.921. The van der Waals surface area contributed by atoms with E-state index < -0.39 is 5.97 Å². The van der Waals surface area contributed by atoms with Crippen molar-refractivity contribution in [3.8, 4) is 0 Å². The van der Waals surface area contributed by atoms with Gasteiger partial charge in [-0.3, -0.25) is 4.79 Å². The molecule has 0 bridgehead atoms. The van der Waals surface area contributed by atoms with Gasteiger partial charge in [-0.2, -0.15) is 0 Å². The van der Waals surface area contributed by atoms with Crippen LogP contribution in [0.5, 0.6) is 0 Å². The average molecular weight is 188 g/mol. The molecule has 1 N–H and O–H groups in total. The van der Waals surface area contributed by atoms with Crippen LogP contribution >= 0.6 is 0 Å². The van der Waals surface area contributed by atoms with Crippen LogP contribution in [0.2, 0.25) is 0 Å². The first kappa shape index (κ1) is 8.04. The molecule has 14 heavy (non-hydrogen) atoms. The first-order chi connectivity index (χ1) is 6.73. The van der Waals surface area contributed by atoms with Gasteiger partial charge in [0.05, 0.1) is 5.92 Å². The van der Waals surface area contributed by atoms with Crippen LogP contribution in [0.15, 0.2) is 24.3 Å². The normalized spacial score (nSPS) is 26.1. The van der Waals surface area contributed by atoms with Crippen molar-refractivity contribution >= 4 is 5.97 Å². The number of carboxylic acid groups (broad SMARTS) is 1. The third-order valence-corrected chi connectivity index (χ3v) is 3.65. The second-order valence-electron chi connectivity index (χ2n) is 4.46. The molecule has 2 nitrogen and oxygen atoms in total. The molecule has 1 aromatic carbocycles. The van der Waals surface area contributed by atoms with E-state index in [1.807, 2.05) is 18.2 Å². The lowest BCUT2D eigenvalue weighted by molar-refractivity contribution is -0.138. The van der Waals surface area contributed by atoms with Gasteiger partial charge in [0.25, 0.3) is 0 Å². The molecule has 0 aromatic heterocycles.